The number of carbonyl (C=O) groups is 1. The fraction of sp³-hybridized carbons (Fsp3) is 0.909. The third-order valence-corrected chi connectivity index (χ3v) is 3.39. The predicted molar refractivity (Wildman–Crippen MR) is 66.3 cm³/mol. The van der Waals surface area contributed by atoms with E-state index in [0.717, 1.165) is 32.5 Å². The van der Waals surface area contributed by atoms with Crippen molar-refractivity contribution in [1.29, 1.82) is 0 Å². The van der Waals surface area contributed by atoms with Gasteiger partial charge in [0.25, 0.3) is 0 Å². The van der Waals surface area contributed by atoms with Crippen molar-refractivity contribution >= 4 is 21.8 Å². The second kappa shape index (κ2) is 5.85. The highest BCUT2D eigenvalue weighted by atomic mass is 79.9. The van der Waals surface area contributed by atoms with E-state index in [9.17, 15) is 4.79 Å². The number of halogens is 1. The van der Waals surface area contributed by atoms with E-state index in [1.165, 1.54) is 0 Å². The molecule has 0 aromatic carbocycles. The van der Waals surface area contributed by atoms with Crippen LogP contribution < -0.4 is 0 Å². The highest BCUT2D eigenvalue weighted by molar-refractivity contribution is 9.10. The lowest BCUT2D eigenvalue weighted by molar-refractivity contribution is -0.132. The fourth-order valence-corrected chi connectivity index (χ4v) is 2.37. The average Bonchev–Trinajstić information content (AvgIpc) is 2.38. The van der Waals surface area contributed by atoms with E-state index in [1.807, 2.05) is 11.8 Å². The van der Waals surface area contributed by atoms with Gasteiger partial charge in [0.1, 0.15) is 0 Å². The van der Waals surface area contributed by atoms with Crippen molar-refractivity contribution in [2.75, 3.05) is 26.7 Å². The van der Waals surface area contributed by atoms with Gasteiger partial charge in [-0.05, 0) is 33.4 Å². The SMILES string of the molecule is CCC1CN(C)CCCN1C(=O)C(C)Br. The van der Waals surface area contributed by atoms with Crippen LogP contribution in [0.25, 0.3) is 0 Å². The number of hydrogen-bond acceptors (Lipinski definition) is 2. The molecule has 0 radical (unpaired) electrons. The molecule has 1 amide bonds. The molecular weight excluding hydrogens is 256 g/mol. The second-order valence-electron chi connectivity index (χ2n) is 4.33. The van der Waals surface area contributed by atoms with Crippen LogP contribution in [-0.2, 0) is 4.79 Å². The zero-order valence-electron chi connectivity index (χ0n) is 9.87. The smallest absolute Gasteiger partial charge is 0.236 e. The van der Waals surface area contributed by atoms with E-state index in [-0.39, 0.29) is 10.7 Å². The molecule has 0 aliphatic carbocycles. The van der Waals surface area contributed by atoms with Crippen molar-refractivity contribution in [1.82, 2.24) is 9.80 Å². The van der Waals surface area contributed by atoms with Gasteiger partial charge in [-0.15, -0.1) is 0 Å². The molecule has 1 saturated heterocycles. The lowest BCUT2D eigenvalue weighted by atomic mass is 10.1. The van der Waals surface area contributed by atoms with E-state index >= 15 is 0 Å². The van der Waals surface area contributed by atoms with Crippen LogP contribution in [0.5, 0.6) is 0 Å². The van der Waals surface area contributed by atoms with Gasteiger partial charge in [-0.2, -0.15) is 0 Å². The minimum Gasteiger partial charge on any atom is -0.337 e. The highest BCUT2D eigenvalue weighted by Gasteiger charge is 2.27. The van der Waals surface area contributed by atoms with Crippen LogP contribution in [0.3, 0.4) is 0 Å². The highest BCUT2D eigenvalue weighted by Crippen LogP contribution is 2.15. The van der Waals surface area contributed by atoms with Crippen LogP contribution in [0.2, 0.25) is 0 Å². The van der Waals surface area contributed by atoms with Gasteiger partial charge in [-0.1, -0.05) is 22.9 Å². The van der Waals surface area contributed by atoms with Crippen molar-refractivity contribution < 1.29 is 4.79 Å². The van der Waals surface area contributed by atoms with E-state index in [1.54, 1.807) is 0 Å². The number of amides is 1. The molecular formula is C11H21BrN2O. The Hall–Kier alpha value is -0.0900. The Balaban J connectivity index is 2.70. The quantitative estimate of drug-likeness (QED) is 0.717. The minimum atomic E-state index is -0.0602. The minimum absolute atomic E-state index is 0.0602. The van der Waals surface area contributed by atoms with Gasteiger partial charge in [-0.25, -0.2) is 0 Å². The molecule has 1 rings (SSSR count). The maximum absolute atomic E-state index is 12.0. The molecule has 0 N–H and O–H groups in total. The topological polar surface area (TPSA) is 23.6 Å². The molecule has 1 aliphatic rings. The van der Waals surface area contributed by atoms with Crippen LogP contribution >= 0.6 is 15.9 Å². The van der Waals surface area contributed by atoms with Crippen molar-refractivity contribution in [3.8, 4) is 0 Å². The van der Waals surface area contributed by atoms with E-state index < -0.39 is 0 Å². The van der Waals surface area contributed by atoms with Gasteiger partial charge < -0.3 is 9.80 Å². The molecule has 0 bridgehead atoms. The van der Waals surface area contributed by atoms with Crippen molar-refractivity contribution in [3.05, 3.63) is 0 Å². The molecule has 0 spiro atoms. The Bertz CT molecular complexity index is 221. The van der Waals surface area contributed by atoms with E-state index in [2.05, 4.69) is 34.8 Å². The standard InChI is InChI=1S/C11H21BrN2O/c1-4-10-8-13(3)6-5-7-14(10)11(15)9(2)12/h9-10H,4-8H2,1-3H3. The van der Waals surface area contributed by atoms with Crippen molar-refractivity contribution in [2.24, 2.45) is 0 Å². The fourth-order valence-electron chi connectivity index (χ4n) is 2.11. The molecule has 3 nitrogen and oxygen atoms in total. The number of carbonyl (C=O) groups excluding carboxylic acids is 1. The molecule has 15 heavy (non-hydrogen) atoms. The molecule has 0 aromatic rings. The Labute approximate surface area is 101 Å². The monoisotopic (exact) mass is 276 g/mol. The third kappa shape index (κ3) is 3.45. The number of nitrogens with zero attached hydrogens (tertiary/aromatic N) is 2. The summed E-state index contributed by atoms with van der Waals surface area (Å²) in [4.78, 5) is 16.3. The maximum atomic E-state index is 12.0. The number of likely N-dealkylation sites (N-methyl/N-ethyl adjacent to an activating group) is 1. The van der Waals surface area contributed by atoms with Gasteiger partial charge in [-0.3, -0.25) is 4.79 Å². The average molecular weight is 277 g/mol. The Morgan fingerprint density at radius 3 is 2.73 bits per heavy atom. The van der Waals surface area contributed by atoms with Gasteiger partial charge >= 0.3 is 0 Å². The molecule has 1 heterocycles. The number of rotatable bonds is 2. The van der Waals surface area contributed by atoms with Gasteiger partial charge in [0.05, 0.1) is 4.83 Å². The molecule has 2 unspecified atom stereocenters. The molecule has 88 valence electrons. The molecule has 0 aromatic heterocycles. The summed E-state index contributed by atoms with van der Waals surface area (Å²) >= 11 is 3.37. The molecule has 2 atom stereocenters. The van der Waals surface area contributed by atoms with Gasteiger partial charge in [0.2, 0.25) is 5.91 Å². The van der Waals surface area contributed by atoms with E-state index in [0.29, 0.717) is 6.04 Å². The van der Waals surface area contributed by atoms with Crippen LogP contribution in [-0.4, -0.2) is 53.3 Å². The van der Waals surface area contributed by atoms with E-state index in [4.69, 9.17) is 0 Å². The zero-order chi connectivity index (χ0) is 11.4. The molecule has 4 heteroatoms. The van der Waals surface area contributed by atoms with Crippen LogP contribution in [0, 0.1) is 0 Å². The summed E-state index contributed by atoms with van der Waals surface area (Å²) in [5.41, 5.74) is 0. The summed E-state index contributed by atoms with van der Waals surface area (Å²) in [5, 5.41) is 0. The van der Waals surface area contributed by atoms with Crippen LogP contribution in [0.1, 0.15) is 26.7 Å². The first-order valence-corrected chi connectivity index (χ1v) is 6.61. The normalized spacial score (nSPS) is 26.1. The van der Waals surface area contributed by atoms with Crippen LogP contribution in [0.15, 0.2) is 0 Å². The van der Waals surface area contributed by atoms with Crippen molar-refractivity contribution in [3.63, 3.8) is 0 Å². The summed E-state index contributed by atoms with van der Waals surface area (Å²) in [6.07, 6.45) is 2.12. The Morgan fingerprint density at radius 2 is 2.20 bits per heavy atom. The second-order valence-corrected chi connectivity index (χ2v) is 5.70. The summed E-state index contributed by atoms with van der Waals surface area (Å²) < 4.78 is 0. The van der Waals surface area contributed by atoms with Gasteiger partial charge in [0, 0.05) is 19.1 Å². The van der Waals surface area contributed by atoms with Crippen molar-refractivity contribution in [2.45, 2.75) is 37.6 Å². The zero-order valence-corrected chi connectivity index (χ0v) is 11.5. The first-order valence-electron chi connectivity index (χ1n) is 5.69. The lowest BCUT2D eigenvalue weighted by Crippen LogP contribution is -2.45. The lowest BCUT2D eigenvalue weighted by Gasteiger charge is -2.31. The Kier molecular flexibility index (Phi) is 5.06. The molecule has 0 saturated carbocycles. The number of alkyl halides is 1. The molecule has 1 aliphatic heterocycles. The summed E-state index contributed by atoms with van der Waals surface area (Å²) in [7, 11) is 2.13. The first kappa shape index (κ1) is 13.0. The summed E-state index contributed by atoms with van der Waals surface area (Å²) in [6.45, 7) is 7.06. The number of hydrogen-bond donors (Lipinski definition) is 0. The summed E-state index contributed by atoms with van der Waals surface area (Å²) in [5.74, 6) is 0.233. The largest absolute Gasteiger partial charge is 0.337 e. The first-order chi connectivity index (χ1) is 7.06. The summed E-state index contributed by atoms with van der Waals surface area (Å²) in [6, 6.07) is 0.380. The Morgan fingerprint density at radius 1 is 1.53 bits per heavy atom. The molecule has 1 fully saturated rings. The predicted octanol–water partition coefficient (Wildman–Crippen LogP) is 1.71. The maximum Gasteiger partial charge on any atom is 0.236 e. The third-order valence-electron chi connectivity index (χ3n) is 3.00. The van der Waals surface area contributed by atoms with Crippen LogP contribution in [0.4, 0.5) is 0 Å². The van der Waals surface area contributed by atoms with Gasteiger partial charge in [0.15, 0.2) is 0 Å².